The van der Waals surface area contributed by atoms with E-state index in [0.717, 1.165) is 16.5 Å². The van der Waals surface area contributed by atoms with E-state index in [9.17, 15) is 14.7 Å². The van der Waals surface area contributed by atoms with Gasteiger partial charge in [0, 0.05) is 12.6 Å². The summed E-state index contributed by atoms with van der Waals surface area (Å²) in [6.07, 6.45) is 1.10. The maximum Gasteiger partial charge on any atom is 0.368 e. The Labute approximate surface area is 135 Å². The van der Waals surface area contributed by atoms with E-state index in [4.69, 9.17) is 9.47 Å². The normalized spacial score (nSPS) is 21.2. The van der Waals surface area contributed by atoms with Crippen LogP contribution in [-0.4, -0.2) is 40.3 Å². The van der Waals surface area contributed by atoms with Crippen LogP contribution in [0.2, 0.25) is 0 Å². The van der Waals surface area contributed by atoms with Gasteiger partial charge in [-0.2, -0.15) is 0 Å². The third-order valence-electron chi connectivity index (χ3n) is 3.34. The summed E-state index contributed by atoms with van der Waals surface area (Å²) in [7, 11) is 1.29. The van der Waals surface area contributed by atoms with Gasteiger partial charge >= 0.3 is 11.7 Å². The van der Waals surface area contributed by atoms with Crippen molar-refractivity contribution in [3.8, 4) is 0 Å². The first-order valence-electron chi connectivity index (χ1n) is 7.26. The van der Waals surface area contributed by atoms with Gasteiger partial charge in [-0.1, -0.05) is 30.3 Å². The van der Waals surface area contributed by atoms with Gasteiger partial charge in [0.15, 0.2) is 5.76 Å². The number of hydrogen-bond donors (Lipinski definition) is 1. The number of carbonyl (C=O) groups excluding carboxylic acids is 2. The highest BCUT2D eigenvalue weighted by atomic mass is 16.6. The van der Waals surface area contributed by atoms with Crippen molar-refractivity contribution in [3.63, 3.8) is 0 Å². The fourth-order valence-corrected chi connectivity index (χ4v) is 2.30. The summed E-state index contributed by atoms with van der Waals surface area (Å²) in [5, 5.41) is 10.9. The van der Waals surface area contributed by atoms with E-state index in [0.29, 0.717) is 0 Å². The lowest BCUT2D eigenvalue weighted by molar-refractivity contribution is -0.197. The molecular weight excluding hydrogens is 298 g/mol. The van der Waals surface area contributed by atoms with Gasteiger partial charge < -0.3 is 14.6 Å². The molecule has 0 aliphatic carbocycles. The van der Waals surface area contributed by atoms with Gasteiger partial charge in [-0.15, -0.1) is 0 Å². The van der Waals surface area contributed by atoms with Crippen molar-refractivity contribution < 1.29 is 24.2 Å². The van der Waals surface area contributed by atoms with Crippen molar-refractivity contribution in [1.29, 1.82) is 0 Å². The first-order chi connectivity index (χ1) is 10.7. The van der Waals surface area contributed by atoms with Crippen LogP contribution < -0.4 is 0 Å². The van der Waals surface area contributed by atoms with Gasteiger partial charge in [0.05, 0.1) is 7.11 Å². The van der Waals surface area contributed by atoms with Gasteiger partial charge in [0.2, 0.25) is 0 Å². The van der Waals surface area contributed by atoms with Crippen molar-refractivity contribution in [2.75, 3.05) is 7.11 Å². The molecule has 0 radical (unpaired) electrons. The monoisotopic (exact) mass is 319 g/mol. The number of ether oxygens (including phenoxy) is 2. The molecule has 1 aliphatic rings. The molecule has 1 aromatic rings. The van der Waals surface area contributed by atoms with Gasteiger partial charge in [-0.3, -0.25) is 9.69 Å². The van der Waals surface area contributed by atoms with Crippen molar-refractivity contribution >= 4 is 11.9 Å². The van der Waals surface area contributed by atoms with Crippen molar-refractivity contribution in [2.45, 2.75) is 38.6 Å². The average molecular weight is 319 g/mol. The molecule has 1 aromatic carbocycles. The zero-order chi connectivity index (χ0) is 17.3. The smallest absolute Gasteiger partial charge is 0.368 e. The highest BCUT2D eigenvalue weighted by Crippen LogP contribution is 2.33. The van der Waals surface area contributed by atoms with E-state index >= 15 is 0 Å². The second-order valence-corrected chi connectivity index (χ2v) is 6.30. The Bertz CT molecular complexity index is 632. The second-order valence-electron chi connectivity index (χ2n) is 6.30. The molecule has 1 aliphatic heterocycles. The van der Waals surface area contributed by atoms with E-state index in [1.807, 2.05) is 18.2 Å². The number of aliphatic hydroxyl groups is 1. The molecule has 1 atom stereocenters. The lowest BCUT2D eigenvalue weighted by atomic mass is 10.1. The molecule has 1 N–H and O–H groups in total. The van der Waals surface area contributed by atoms with Crippen LogP contribution in [-0.2, 0) is 25.6 Å². The molecule has 0 saturated carbocycles. The number of methoxy groups -OCH3 is 1. The molecule has 23 heavy (non-hydrogen) atoms. The third-order valence-corrected chi connectivity index (χ3v) is 3.34. The van der Waals surface area contributed by atoms with Gasteiger partial charge in [0.1, 0.15) is 5.60 Å². The molecule has 0 spiro atoms. The summed E-state index contributed by atoms with van der Waals surface area (Å²) in [6, 6.07) is 9.06. The molecule has 1 amide bonds. The maximum absolute atomic E-state index is 12.5. The SMILES string of the molecule is COC1=CC(=O)N(Cc2ccccc2)C1(O)C(=O)OC(C)(C)C. The number of rotatable bonds is 4. The van der Waals surface area contributed by atoms with Crippen LogP contribution in [0.3, 0.4) is 0 Å². The Balaban J connectivity index is 2.35. The summed E-state index contributed by atoms with van der Waals surface area (Å²) in [6.45, 7) is 5.10. The summed E-state index contributed by atoms with van der Waals surface area (Å²) in [5.41, 5.74) is -2.31. The lowest BCUT2D eigenvalue weighted by Crippen LogP contribution is -2.56. The quantitative estimate of drug-likeness (QED) is 0.853. The summed E-state index contributed by atoms with van der Waals surface area (Å²) in [4.78, 5) is 25.8. The summed E-state index contributed by atoms with van der Waals surface area (Å²) >= 11 is 0. The molecule has 0 fully saturated rings. The van der Waals surface area contributed by atoms with Gasteiger partial charge in [-0.05, 0) is 26.3 Å². The van der Waals surface area contributed by atoms with Crippen LogP contribution in [0.25, 0.3) is 0 Å². The molecular formula is C17H21NO5. The van der Waals surface area contributed by atoms with E-state index < -0.39 is 23.2 Å². The fraction of sp³-hybridized carbons (Fsp3) is 0.412. The minimum absolute atomic E-state index is 0.0543. The Kier molecular flexibility index (Phi) is 4.47. The highest BCUT2D eigenvalue weighted by molar-refractivity contribution is 5.99. The summed E-state index contributed by atoms with van der Waals surface area (Å²) < 4.78 is 10.3. The second kappa shape index (κ2) is 6.04. The fourth-order valence-electron chi connectivity index (χ4n) is 2.30. The third kappa shape index (κ3) is 3.37. The van der Waals surface area contributed by atoms with Crippen LogP contribution >= 0.6 is 0 Å². The molecule has 6 heteroatoms. The standard InChI is InChI=1S/C17H21NO5/c1-16(2,3)23-15(20)17(21)13(22-4)10-14(19)18(17)11-12-8-6-5-7-9-12/h5-10,21H,11H2,1-4H3. The molecule has 1 heterocycles. The zero-order valence-electron chi connectivity index (χ0n) is 13.7. The van der Waals surface area contributed by atoms with Crippen molar-refractivity contribution in [3.05, 3.63) is 47.7 Å². The maximum atomic E-state index is 12.5. The average Bonchev–Trinajstić information content (AvgIpc) is 2.72. The zero-order valence-corrected chi connectivity index (χ0v) is 13.7. The molecule has 2 rings (SSSR count). The molecule has 6 nitrogen and oxygen atoms in total. The van der Waals surface area contributed by atoms with Crippen LogP contribution in [0.1, 0.15) is 26.3 Å². The predicted octanol–water partition coefficient (Wildman–Crippen LogP) is 1.59. The molecule has 124 valence electrons. The van der Waals surface area contributed by atoms with Crippen LogP contribution in [0.4, 0.5) is 0 Å². The number of carbonyl (C=O) groups is 2. The van der Waals surface area contributed by atoms with Crippen LogP contribution in [0, 0.1) is 0 Å². The number of hydrogen-bond acceptors (Lipinski definition) is 5. The Hall–Kier alpha value is -2.34. The lowest BCUT2D eigenvalue weighted by Gasteiger charge is -2.35. The minimum Gasteiger partial charge on any atom is -0.495 e. The van der Waals surface area contributed by atoms with E-state index in [-0.39, 0.29) is 12.3 Å². The topological polar surface area (TPSA) is 76.1 Å². The Morgan fingerprint density at radius 3 is 2.39 bits per heavy atom. The Morgan fingerprint density at radius 2 is 1.87 bits per heavy atom. The molecule has 0 bridgehead atoms. The van der Waals surface area contributed by atoms with E-state index in [2.05, 4.69) is 0 Å². The van der Waals surface area contributed by atoms with Crippen LogP contribution in [0.15, 0.2) is 42.2 Å². The molecule has 0 aromatic heterocycles. The van der Waals surface area contributed by atoms with Gasteiger partial charge in [-0.25, -0.2) is 4.79 Å². The van der Waals surface area contributed by atoms with Crippen LogP contribution in [0.5, 0.6) is 0 Å². The van der Waals surface area contributed by atoms with Crippen molar-refractivity contribution in [1.82, 2.24) is 4.90 Å². The minimum atomic E-state index is -2.27. The van der Waals surface area contributed by atoms with E-state index in [1.54, 1.807) is 32.9 Å². The number of amides is 1. The first kappa shape index (κ1) is 17.0. The summed E-state index contributed by atoms with van der Waals surface area (Å²) in [5.74, 6) is -1.60. The largest absolute Gasteiger partial charge is 0.495 e. The number of esters is 1. The number of benzene rings is 1. The molecule has 1 unspecified atom stereocenters. The number of nitrogens with zero attached hydrogens (tertiary/aromatic N) is 1. The van der Waals surface area contributed by atoms with Crippen molar-refractivity contribution in [2.24, 2.45) is 0 Å². The van der Waals surface area contributed by atoms with E-state index in [1.165, 1.54) is 7.11 Å². The Morgan fingerprint density at radius 1 is 1.26 bits per heavy atom. The first-order valence-corrected chi connectivity index (χ1v) is 7.26. The highest BCUT2D eigenvalue weighted by Gasteiger charge is 2.56. The predicted molar refractivity (Wildman–Crippen MR) is 82.9 cm³/mol. The molecule has 0 saturated heterocycles. The van der Waals surface area contributed by atoms with Gasteiger partial charge in [0.25, 0.3) is 5.91 Å².